The quantitative estimate of drug-likeness (QED) is 0.578. The molecule has 1 aromatic rings. The number of benzene rings is 1. The molecule has 3 heteroatoms. The minimum Gasteiger partial charge on any atom is -0.396 e. The molecule has 2 nitrogen and oxygen atoms in total. The molecule has 0 aliphatic rings. The van der Waals surface area contributed by atoms with Crippen molar-refractivity contribution in [2.24, 2.45) is 5.73 Å². The highest BCUT2D eigenvalue weighted by atomic mass is 32.2. The molecule has 0 aliphatic carbocycles. The summed E-state index contributed by atoms with van der Waals surface area (Å²) in [7, 11) is 0. The van der Waals surface area contributed by atoms with Crippen molar-refractivity contribution in [1.29, 1.82) is 0 Å². The Hall–Kier alpha value is -0.510. The summed E-state index contributed by atoms with van der Waals surface area (Å²) in [6.45, 7) is 2.36. The Bertz CT molecular complexity index is 273. The van der Waals surface area contributed by atoms with E-state index in [0.29, 0.717) is 0 Å². The zero-order valence-corrected chi connectivity index (χ0v) is 9.96. The predicted molar refractivity (Wildman–Crippen MR) is 66.1 cm³/mol. The Morgan fingerprint density at radius 1 is 1.33 bits per heavy atom. The second-order valence-corrected chi connectivity index (χ2v) is 4.68. The van der Waals surface area contributed by atoms with Crippen LogP contribution in [-0.2, 0) is 0 Å². The minimum atomic E-state index is 0.154. The van der Waals surface area contributed by atoms with Crippen molar-refractivity contribution in [2.75, 3.05) is 12.4 Å². The van der Waals surface area contributed by atoms with Crippen molar-refractivity contribution >= 4 is 11.8 Å². The van der Waals surface area contributed by atoms with Crippen LogP contribution < -0.4 is 5.73 Å². The van der Waals surface area contributed by atoms with Crippen molar-refractivity contribution in [3.05, 3.63) is 29.8 Å². The van der Waals surface area contributed by atoms with E-state index in [1.54, 1.807) is 11.8 Å². The van der Waals surface area contributed by atoms with E-state index in [4.69, 9.17) is 10.8 Å². The third kappa shape index (κ3) is 4.24. The SMILES string of the molecule is CC[C@@H](N)c1ccc(SCCCO)cc1. The van der Waals surface area contributed by atoms with Crippen LogP contribution >= 0.6 is 11.8 Å². The van der Waals surface area contributed by atoms with Crippen LogP contribution in [-0.4, -0.2) is 17.5 Å². The fourth-order valence-corrected chi connectivity index (χ4v) is 2.14. The van der Waals surface area contributed by atoms with E-state index in [2.05, 4.69) is 31.2 Å². The fraction of sp³-hybridized carbons (Fsp3) is 0.500. The fourth-order valence-electron chi connectivity index (χ4n) is 1.30. The summed E-state index contributed by atoms with van der Waals surface area (Å²) in [5.41, 5.74) is 7.12. The number of aliphatic hydroxyl groups is 1. The maximum atomic E-state index is 8.66. The van der Waals surface area contributed by atoms with Crippen molar-refractivity contribution < 1.29 is 5.11 Å². The normalized spacial score (nSPS) is 12.7. The lowest BCUT2D eigenvalue weighted by Crippen LogP contribution is -2.07. The first-order chi connectivity index (χ1) is 7.27. The van der Waals surface area contributed by atoms with E-state index in [1.165, 1.54) is 10.5 Å². The molecule has 0 heterocycles. The van der Waals surface area contributed by atoms with Crippen molar-refractivity contribution in [3.8, 4) is 0 Å². The highest BCUT2D eigenvalue weighted by Crippen LogP contribution is 2.21. The Balaban J connectivity index is 2.49. The molecule has 1 rings (SSSR count). The first kappa shape index (κ1) is 12.6. The molecule has 0 unspecified atom stereocenters. The molecular weight excluding hydrogens is 206 g/mol. The van der Waals surface area contributed by atoms with Crippen LogP contribution in [0.15, 0.2) is 29.2 Å². The monoisotopic (exact) mass is 225 g/mol. The van der Waals surface area contributed by atoms with Crippen LogP contribution in [0.3, 0.4) is 0 Å². The van der Waals surface area contributed by atoms with Crippen LogP contribution in [0, 0.1) is 0 Å². The first-order valence-electron chi connectivity index (χ1n) is 5.37. The lowest BCUT2D eigenvalue weighted by Gasteiger charge is -2.09. The number of rotatable bonds is 6. The van der Waals surface area contributed by atoms with Crippen molar-refractivity contribution in [1.82, 2.24) is 0 Å². The Labute approximate surface area is 95.9 Å². The third-order valence-corrected chi connectivity index (χ3v) is 3.42. The van der Waals surface area contributed by atoms with Gasteiger partial charge in [-0.2, -0.15) is 0 Å². The predicted octanol–water partition coefficient (Wildman–Crippen LogP) is 2.57. The average Bonchev–Trinajstić information content (AvgIpc) is 2.29. The van der Waals surface area contributed by atoms with Gasteiger partial charge < -0.3 is 10.8 Å². The summed E-state index contributed by atoms with van der Waals surface area (Å²) >= 11 is 1.77. The number of nitrogens with two attached hydrogens (primary N) is 1. The molecule has 0 spiro atoms. The van der Waals surface area contributed by atoms with Crippen LogP contribution in [0.25, 0.3) is 0 Å². The molecule has 0 radical (unpaired) electrons. The number of thioether (sulfide) groups is 1. The molecule has 0 fully saturated rings. The first-order valence-corrected chi connectivity index (χ1v) is 6.35. The summed E-state index contributed by atoms with van der Waals surface area (Å²) in [5.74, 6) is 0.968. The maximum Gasteiger partial charge on any atom is 0.0439 e. The Kier molecular flexibility index (Phi) is 5.76. The van der Waals surface area contributed by atoms with Gasteiger partial charge in [0.05, 0.1) is 0 Å². The molecule has 0 amide bonds. The highest BCUT2D eigenvalue weighted by molar-refractivity contribution is 7.99. The van der Waals surface area contributed by atoms with Crippen LogP contribution in [0.5, 0.6) is 0 Å². The van der Waals surface area contributed by atoms with Gasteiger partial charge in [-0.1, -0.05) is 19.1 Å². The van der Waals surface area contributed by atoms with E-state index in [1.807, 2.05) is 0 Å². The zero-order valence-electron chi connectivity index (χ0n) is 9.15. The standard InChI is InChI=1S/C12H19NOS/c1-2-12(13)10-4-6-11(7-5-10)15-9-3-8-14/h4-7,12,14H,2-3,8-9,13H2,1H3/t12-/m1/s1. The smallest absolute Gasteiger partial charge is 0.0439 e. The van der Waals surface area contributed by atoms with Crippen molar-refractivity contribution in [2.45, 2.75) is 30.7 Å². The van der Waals surface area contributed by atoms with Gasteiger partial charge in [-0.15, -0.1) is 11.8 Å². The molecule has 0 bridgehead atoms. The van der Waals surface area contributed by atoms with E-state index in [-0.39, 0.29) is 12.6 Å². The van der Waals surface area contributed by atoms with E-state index >= 15 is 0 Å². The topological polar surface area (TPSA) is 46.2 Å². The van der Waals surface area contributed by atoms with Crippen molar-refractivity contribution in [3.63, 3.8) is 0 Å². The van der Waals surface area contributed by atoms with Crippen LogP contribution in [0.4, 0.5) is 0 Å². The van der Waals surface area contributed by atoms with E-state index in [0.717, 1.165) is 18.6 Å². The van der Waals surface area contributed by atoms with Gasteiger partial charge in [-0.05, 0) is 30.5 Å². The second-order valence-electron chi connectivity index (χ2n) is 3.51. The molecule has 15 heavy (non-hydrogen) atoms. The van der Waals surface area contributed by atoms with Crippen LogP contribution in [0.1, 0.15) is 31.4 Å². The average molecular weight is 225 g/mol. The van der Waals surface area contributed by atoms with Gasteiger partial charge in [0.2, 0.25) is 0 Å². The van der Waals surface area contributed by atoms with Gasteiger partial charge in [0.15, 0.2) is 0 Å². The Morgan fingerprint density at radius 3 is 2.53 bits per heavy atom. The molecule has 1 aromatic carbocycles. The lowest BCUT2D eigenvalue weighted by atomic mass is 10.1. The second kappa shape index (κ2) is 6.88. The molecule has 1 atom stereocenters. The summed E-state index contributed by atoms with van der Waals surface area (Å²) in [6.07, 6.45) is 1.82. The molecule has 3 N–H and O–H groups in total. The van der Waals surface area contributed by atoms with Gasteiger partial charge in [0.25, 0.3) is 0 Å². The maximum absolute atomic E-state index is 8.66. The van der Waals surface area contributed by atoms with E-state index in [9.17, 15) is 0 Å². The summed E-state index contributed by atoms with van der Waals surface area (Å²) < 4.78 is 0. The number of aliphatic hydroxyl groups excluding tert-OH is 1. The van der Waals surface area contributed by atoms with Gasteiger partial charge in [-0.3, -0.25) is 0 Å². The van der Waals surface area contributed by atoms with Gasteiger partial charge in [-0.25, -0.2) is 0 Å². The largest absolute Gasteiger partial charge is 0.396 e. The molecule has 0 aromatic heterocycles. The minimum absolute atomic E-state index is 0.154. The molecular formula is C12H19NOS. The summed E-state index contributed by atoms with van der Waals surface area (Å²) in [5, 5.41) is 8.66. The Morgan fingerprint density at radius 2 is 2.00 bits per heavy atom. The molecule has 84 valence electrons. The molecule has 0 aliphatic heterocycles. The molecule has 0 saturated carbocycles. The highest BCUT2D eigenvalue weighted by Gasteiger charge is 2.02. The lowest BCUT2D eigenvalue weighted by molar-refractivity contribution is 0.296. The summed E-state index contributed by atoms with van der Waals surface area (Å²) in [4.78, 5) is 1.25. The molecule has 0 saturated heterocycles. The van der Waals surface area contributed by atoms with Gasteiger partial charge in [0, 0.05) is 23.3 Å². The van der Waals surface area contributed by atoms with E-state index < -0.39 is 0 Å². The van der Waals surface area contributed by atoms with Crippen LogP contribution in [0.2, 0.25) is 0 Å². The van der Waals surface area contributed by atoms with Gasteiger partial charge >= 0.3 is 0 Å². The summed E-state index contributed by atoms with van der Waals surface area (Å²) in [6, 6.07) is 8.55. The van der Waals surface area contributed by atoms with Gasteiger partial charge in [0.1, 0.15) is 0 Å². The zero-order chi connectivity index (χ0) is 11.1. The third-order valence-electron chi connectivity index (χ3n) is 2.32. The number of hydrogen-bond donors (Lipinski definition) is 2. The number of hydrogen-bond acceptors (Lipinski definition) is 3.